The normalized spacial score (nSPS) is 15.1. The van der Waals surface area contributed by atoms with E-state index in [1.54, 1.807) is 6.07 Å². The third-order valence-electron chi connectivity index (χ3n) is 3.18. The maximum Gasteiger partial charge on any atom is 0.256 e. The fourth-order valence-corrected chi connectivity index (χ4v) is 2.10. The minimum Gasteiger partial charge on any atom is -0.398 e. The highest BCUT2D eigenvalue weighted by atomic mass is 16.2. The van der Waals surface area contributed by atoms with Crippen LogP contribution >= 0.6 is 0 Å². The molecule has 0 aliphatic carbocycles. The Morgan fingerprint density at radius 3 is 2.53 bits per heavy atom. The summed E-state index contributed by atoms with van der Waals surface area (Å²) < 4.78 is 0. The van der Waals surface area contributed by atoms with Gasteiger partial charge in [-0.25, -0.2) is 0 Å². The van der Waals surface area contributed by atoms with Gasteiger partial charge in [0, 0.05) is 38.6 Å². The van der Waals surface area contributed by atoms with Crippen molar-refractivity contribution < 1.29 is 4.79 Å². The van der Waals surface area contributed by atoms with E-state index in [1.165, 1.54) is 0 Å². The fourth-order valence-electron chi connectivity index (χ4n) is 2.10. The molecule has 92 valence electrons. The third kappa shape index (κ3) is 2.35. The first-order valence-electron chi connectivity index (χ1n) is 5.95. The van der Waals surface area contributed by atoms with Crippen molar-refractivity contribution in [2.75, 3.05) is 37.8 Å². The van der Waals surface area contributed by atoms with E-state index in [-0.39, 0.29) is 5.91 Å². The van der Waals surface area contributed by atoms with Crippen molar-refractivity contribution >= 4 is 17.3 Å². The molecule has 0 radical (unpaired) electrons. The van der Waals surface area contributed by atoms with E-state index in [1.807, 2.05) is 36.0 Å². The summed E-state index contributed by atoms with van der Waals surface area (Å²) in [6.45, 7) is 1.70. The van der Waals surface area contributed by atoms with Crippen LogP contribution in [-0.4, -0.2) is 38.0 Å². The largest absolute Gasteiger partial charge is 0.398 e. The molecule has 1 heterocycles. The van der Waals surface area contributed by atoms with Gasteiger partial charge in [0.05, 0.1) is 5.56 Å². The number of likely N-dealkylation sites (tertiary alicyclic amines) is 1. The monoisotopic (exact) mass is 233 g/mol. The molecule has 1 amide bonds. The number of carbonyl (C=O) groups is 1. The summed E-state index contributed by atoms with van der Waals surface area (Å²) in [5.41, 5.74) is 8.08. The van der Waals surface area contributed by atoms with Gasteiger partial charge in [-0.2, -0.15) is 0 Å². The molecular formula is C13H19N3O. The summed E-state index contributed by atoms with van der Waals surface area (Å²) >= 11 is 0. The van der Waals surface area contributed by atoms with E-state index in [4.69, 9.17) is 5.73 Å². The predicted octanol–water partition coefficient (Wildman–Crippen LogP) is 1.57. The number of benzene rings is 1. The lowest BCUT2D eigenvalue weighted by atomic mass is 10.1. The highest BCUT2D eigenvalue weighted by molar-refractivity contribution is 6.00. The Hall–Kier alpha value is -1.71. The molecule has 1 aliphatic heterocycles. The Labute approximate surface area is 102 Å². The molecule has 0 saturated carbocycles. The molecule has 2 N–H and O–H groups in total. The van der Waals surface area contributed by atoms with Gasteiger partial charge in [-0.15, -0.1) is 0 Å². The molecule has 1 aromatic carbocycles. The summed E-state index contributed by atoms with van der Waals surface area (Å²) in [5, 5.41) is 0. The van der Waals surface area contributed by atoms with Crippen LogP contribution in [0.4, 0.5) is 11.4 Å². The van der Waals surface area contributed by atoms with E-state index in [9.17, 15) is 4.79 Å². The molecule has 2 rings (SSSR count). The number of nitrogens with zero attached hydrogens (tertiary/aromatic N) is 2. The summed E-state index contributed by atoms with van der Waals surface area (Å²) in [6, 6.07) is 5.60. The lowest BCUT2D eigenvalue weighted by molar-refractivity contribution is 0.0794. The first kappa shape index (κ1) is 11.8. The molecule has 1 fully saturated rings. The summed E-state index contributed by atoms with van der Waals surface area (Å²) in [5.74, 6) is 0.0590. The van der Waals surface area contributed by atoms with Crippen molar-refractivity contribution in [2.24, 2.45) is 0 Å². The van der Waals surface area contributed by atoms with Crippen LogP contribution in [0.5, 0.6) is 0 Å². The van der Waals surface area contributed by atoms with Crippen LogP contribution in [-0.2, 0) is 0 Å². The molecule has 17 heavy (non-hydrogen) atoms. The topological polar surface area (TPSA) is 49.6 Å². The minimum absolute atomic E-state index is 0.0590. The Morgan fingerprint density at radius 1 is 1.29 bits per heavy atom. The minimum atomic E-state index is 0.0590. The number of nitrogen functional groups attached to an aromatic ring is 1. The Kier molecular flexibility index (Phi) is 3.22. The smallest absolute Gasteiger partial charge is 0.256 e. The lowest BCUT2D eigenvalue weighted by Gasteiger charge is -2.19. The number of amides is 1. The van der Waals surface area contributed by atoms with Gasteiger partial charge in [0.25, 0.3) is 5.91 Å². The zero-order valence-electron chi connectivity index (χ0n) is 10.4. The van der Waals surface area contributed by atoms with Crippen molar-refractivity contribution in [3.8, 4) is 0 Å². The molecule has 4 heteroatoms. The molecule has 1 aliphatic rings. The maximum atomic E-state index is 12.3. The van der Waals surface area contributed by atoms with E-state index in [2.05, 4.69) is 0 Å². The van der Waals surface area contributed by atoms with E-state index in [0.29, 0.717) is 11.3 Å². The zero-order valence-corrected chi connectivity index (χ0v) is 10.4. The van der Waals surface area contributed by atoms with Crippen LogP contribution < -0.4 is 10.6 Å². The molecule has 0 unspecified atom stereocenters. The molecule has 0 atom stereocenters. The highest BCUT2D eigenvalue weighted by Gasteiger charge is 2.21. The van der Waals surface area contributed by atoms with Crippen molar-refractivity contribution in [2.45, 2.75) is 12.8 Å². The summed E-state index contributed by atoms with van der Waals surface area (Å²) in [4.78, 5) is 16.1. The number of carbonyl (C=O) groups excluding carboxylic acids is 1. The second-order valence-electron chi connectivity index (χ2n) is 4.67. The highest BCUT2D eigenvalue weighted by Crippen LogP contribution is 2.22. The number of hydrogen-bond acceptors (Lipinski definition) is 3. The first-order valence-corrected chi connectivity index (χ1v) is 5.95. The van der Waals surface area contributed by atoms with E-state index in [0.717, 1.165) is 31.6 Å². The molecule has 4 nitrogen and oxygen atoms in total. The SMILES string of the molecule is CN(C)c1ccc(N)c(C(=O)N2CCCC2)c1. The van der Waals surface area contributed by atoms with Gasteiger partial charge < -0.3 is 15.5 Å². The number of rotatable bonds is 2. The third-order valence-corrected chi connectivity index (χ3v) is 3.18. The van der Waals surface area contributed by atoms with Crippen molar-refractivity contribution in [3.05, 3.63) is 23.8 Å². The Morgan fingerprint density at radius 2 is 1.94 bits per heavy atom. The van der Waals surface area contributed by atoms with Gasteiger partial charge in [0.1, 0.15) is 0 Å². The predicted molar refractivity (Wildman–Crippen MR) is 70.3 cm³/mol. The number of nitrogens with two attached hydrogens (primary N) is 1. The average Bonchev–Trinajstić information content (AvgIpc) is 2.81. The van der Waals surface area contributed by atoms with Gasteiger partial charge in [0.2, 0.25) is 0 Å². The fraction of sp³-hybridized carbons (Fsp3) is 0.462. The number of anilines is 2. The quantitative estimate of drug-likeness (QED) is 0.789. The van der Waals surface area contributed by atoms with Gasteiger partial charge in [-0.3, -0.25) is 4.79 Å². The molecule has 1 saturated heterocycles. The summed E-state index contributed by atoms with van der Waals surface area (Å²) in [6.07, 6.45) is 2.19. The average molecular weight is 233 g/mol. The van der Waals surface area contributed by atoms with Crippen LogP contribution in [0.15, 0.2) is 18.2 Å². The van der Waals surface area contributed by atoms with Crippen LogP contribution in [0.25, 0.3) is 0 Å². The summed E-state index contributed by atoms with van der Waals surface area (Å²) in [7, 11) is 3.91. The maximum absolute atomic E-state index is 12.3. The van der Waals surface area contributed by atoms with Crippen molar-refractivity contribution in [1.82, 2.24) is 4.90 Å². The zero-order chi connectivity index (χ0) is 12.4. The van der Waals surface area contributed by atoms with Gasteiger partial charge >= 0.3 is 0 Å². The second kappa shape index (κ2) is 4.65. The van der Waals surface area contributed by atoms with Gasteiger partial charge in [-0.05, 0) is 31.0 Å². The van der Waals surface area contributed by atoms with Crippen molar-refractivity contribution in [3.63, 3.8) is 0 Å². The Bertz CT molecular complexity index is 423. The van der Waals surface area contributed by atoms with E-state index >= 15 is 0 Å². The molecule has 1 aromatic rings. The molecule has 0 bridgehead atoms. The molecular weight excluding hydrogens is 214 g/mol. The van der Waals surface area contributed by atoms with E-state index < -0.39 is 0 Å². The Balaban J connectivity index is 2.29. The van der Waals surface area contributed by atoms with Crippen LogP contribution in [0.1, 0.15) is 23.2 Å². The van der Waals surface area contributed by atoms with Gasteiger partial charge in [0.15, 0.2) is 0 Å². The van der Waals surface area contributed by atoms with Crippen LogP contribution in [0, 0.1) is 0 Å². The van der Waals surface area contributed by atoms with Crippen molar-refractivity contribution in [1.29, 1.82) is 0 Å². The second-order valence-corrected chi connectivity index (χ2v) is 4.67. The van der Waals surface area contributed by atoms with Crippen LogP contribution in [0.3, 0.4) is 0 Å². The molecule has 0 aromatic heterocycles. The molecule has 0 spiro atoms. The standard InChI is InChI=1S/C13H19N3O/c1-15(2)10-5-6-12(14)11(9-10)13(17)16-7-3-4-8-16/h5-6,9H,3-4,7-8,14H2,1-2H3. The van der Waals surface area contributed by atoms with Gasteiger partial charge in [-0.1, -0.05) is 0 Å². The van der Waals surface area contributed by atoms with Crippen LogP contribution in [0.2, 0.25) is 0 Å². The lowest BCUT2D eigenvalue weighted by Crippen LogP contribution is -2.28. The first-order chi connectivity index (χ1) is 8.09. The number of hydrogen-bond donors (Lipinski definition) is 1.